The predicted octanol–water partition coefficient (Wildman–Crippen LogP) is 1.53. The van der Waals surface area contributed by atoms with E-state index in [2.05, 4.69) is 23.9 Å². The number of piperazine rings is 1. The molecule has 20 heavy (non-hydrogen) atoms. The average Bonchev–Trinajstić information content (AvgIpc) is 2.84. The van der Waals surface area contributed by atoms with Gasteiger partial charge in [-0.05, 0) is 32.2 Å². The van der Waals surface area contributed by atoms with E-state index < -0.39 is 0 Å². The fourth-order valence-electron chi connectivity index (χ4n) is 2.72. The fraction of sp³-hybridized carbons (Fsp3) is 0.400. The highest BCUT2D eigenvalue weighted by Gasteiger charge is 2.26. The second-order valence-electron chi connectivity index (χ2n) is 5.59. The molecule has 1 unspecified atom stereocenters. The molecule has 0 aliphatic carbocycles. The molecule has 1 amide bonds. The van der Waals surface area contributed by atoms with Crippen LogP contribution in [0.4, 0.5) is 5.69 Å². The molecule has 0 radical (unpaired) electrons. The Labute approximate surface area is 118 Å². The Balaban J connectivity index is 1.89. The largest absolute Gasteiger partial charge is 0.399 e. The van der Waals surface area contributed by atoms with Gasteiger partial charge < -0.3 is 20.5 Å². The maximum atomic E-state index is 12.7. The number of likely N-dealkylation sites (N-methyl/N-ethyl adjacent to an activating group) is 1. The number of nitrogens with one attached hydrogen (secondary N) is 1. The molecule has 1 aliphatic heterocycles. The van der Waals surface area contributed by atoms with Crippen molar-refractivity contribution in [3.8, 4) is 0 Å². The molecule has 106 valence electrons. The summed E-state index contributed by atoms with van der Waals surface area (Å²) in [6.45, 7) is 4.62. The van der Waals surface area contributed by atoms with Crippen molar-refractivity contribution in [1.29, 1.82) is 0 Å². The normalized spacial score (nSPS) is 20.5. The number of carbonyl (C=O) groups excluding carboxylic acids is 1. The molecule has 0 saturated carbocycles. The van der Waals surface area contributed by atoms with Crippen molar-refractivity contribution in [3.63, 3.8) is 0 Å². The van der Waals surface area contributed by atoms with Crippen LogP contribution in [0.25, 0.3) is 10.9 Å². The van der Waals surface area contributed by atoms with Crippen LogP contribution in [0.15, 0.2) is 24.4 Å². The highest BCUT2D eigenvalue weighted by molar-refractivity contribution is 6.07. The van der Waals surface area contributed by atoms with Crippen molar-refractivity contribution in [2.24, 2.45) is 0 Å². The highest BCUT2D eigenvalue weighted by Crippen LogP contribution is 2.22. The third-order valence-corrected chi connectivity index (χ3v) is 4.18. The van der Waals surface area contributed by atoms with Crippen molar-refractivity contribution < 1.29 is 4.79 Å². The minimum Gasteiger partial charge on any atom is -0.399 e. The highest BCUT2D eigenvalue weighted by atomic mass is 16.2. The van der Waals surface area contributed by atoms with Gasteiger partial charge in [-0.25, -0.2) is 0 Å². The lowest BCUT2D eigenvalue weighted by Gasteiger charge is -2.37. The second kappa shape index (κ2) is 4.83. The summed E-state index contributed by atoms with van der Waals surface area (Å²) in [7, 11) is 2.10. The number of nitrogens with zero attached hydrogens (tertiary/aromatic N) is 2. The molecule has 5 nitrogen and oxygen atoms in total. The number of amides is 1. The molecule has 2 heterocycles. The van der Waals surface area contributed by atoms with Gasteiger partial charge in [-0.2, -0.15) is 0 Å². The monoisotopic (exact) mass is 272 g/mol. The molecule has 1 saturated heterocycles. The van der Waals surface area contributed by atoms with Crippen molar-refractivity contribution >= 4 is 22.5 Å². The Morgan fingerprint density at radius 3 is 2.95 bits per heavy atom. The molecule has 2 aromatic rings. The second-order valence-corrected chi connectivity index (χ2v) is 5.59. The number of fused-ring (bicyclic) bond motifs is 1. The van der Waals surface area contributed by atoms with Crippen LogP contribution in [-0.4, -0.2) is 53.4 Å². The summed E-state index contributed by atoms with van der Waals surface area (Å²) >= 11 is 0. The quantitative estimate of drug-likeness (QED) is 0.774. The van der Waals surface area contributed by atoms with Crippen LogP contribution in [-0.2, 0) is 0 Å². The number of nitrogens with two attached hydrogens (primary N) is 1. The lowest BCUT2D eigenvalue weighted by molar-refractivity contribution is 0.0574. The molecule has 0 spiro atoms. The number of aromatic nitrogens is 1. The van der Waals surface area contributed by atoms with Crippen molar-refractivity contribution in [2.75, 3.05) is 32.4 Å². The molecule has 0 bridgehead atoms. The number of hydrogen-bond acceptors (Lipinski definition) is 3. The fourth-order valence-corrected chi connectivity index (χ4v) is 2.72. The summed E-state index contributed by atoms with van der Waals surface area (Å²) in [6, 6.07) is 6.00. The van der Waals surface area contributed by atoms with Gasteiger partial charge in [0.1, 0.15) is 0 Å². The molecular weight excluding hydrogens is 252 g/mol. The number of H-pyrrole nitrogens is 1. The molecule has 3 rings (SSSR count). The molecule has 3 N–H and O–H groups in total. The Morgan fingerprint density at radius 1 is 1.40 bits per heavy atom. The first-order chi connectivity index (χ1) is 9.56. The smallest absolute Gasteiger partial charge is 0.256 e. The van der Waals surface area contributed by atoms with Gasteiger partial charge in [0.05, 0.1) is 5.56 Å². The molecule has 1 aromatic carbocycles. The van der Waals surface area contributed by atoms with Gasteiger partial charge in [0, 0.05) is 48.5 Å². The standard InChI is InChI=1S/C15H20N4O/c1-10-9-19(6-5-18(10)2)15(20)13-8-17-14-7-11(16)3-4-12(13)14/h3-4,7-8,10,17H,5-6,9,16H2,1-2H3. The van der Waals surface area contributed by atoms with Gasteiger partial charge in [0.25, 0.3) is 5.91 Å². The number of aromatic amines is 1. The minimum absolute atomic E-state index is 0.0981. The van der Waals surface area contributed by atoms with E-state index >= 15 is 0 Å². The average molecular weight is 272 g/mol. The number of benzene rings is 1. The number of carbonyl (C=O) groups is 1. The lowest BCUT2D eigenvalue weighted by atomic mass is 10.1. The first kappa shape index (κ1) is 13.0. The van der Waals surface area contributed by atoms with Crippen molar-refractivity contribution in [1.82, 2.24) is 14.8 Å². The molecule has 5 heteroatoms. The van der Waals surface area contributed by atoms with Crippen LogP contribution in [0.3, 0.4) is 0 Å². The van der Waals surface area contributed by atoms with Gasteiger partial charge >= 0.3 is 0 Å². The van der Waals surface area contributed by atoms with Crippen molar-refractivity contribution in [3.05, 3.63) is 30.0 Å². The zero-order valence-corrected chi connectivity index (χ0v) is 11.9. The third-order valence-electron chi connectivity index (χ3n) is 4.18. The van der Waals surface area contributed by atoms with Gasteiger partial charge in [-0.1, -0.05) is 0 Å². The van der Waals surface area contributed by atoms with Crippen LogP contribution in [0.2, 0.25) is 0 Å². The molecular formula is C15H20N4O. The van der Waals surface area contributed by atoms with Crippen LogP contribution in [0, 0.1) is 0 Å². The lowest BCUT2D eigenvalue weighted by Crippen LogP contribution is -2.51. The third kappa shape index (κ3) is 2.14. The molecule has 1 aliphatic rings. The van der Waals surface area contributed by atoms with E-state index in [9.17, 15) is 4.79 Å². The van der Waals surface area contributed by atoms with Gasteiger partial charge in [0.2, 0.25) is 0 Å². The van der Waals surface area contributed by atoms with E-state index in [4.69, 9.17) is 5.73 Å². The number of nitrogen functional groups attached to an aromatic ring is 1. The molecule has 1 atom stereocenters. The maximum Gasteiger partial charge on any atom is 0.256 e. The minimum atomic E-state index is 0.0981. The zero-order valence-electron chi connectivity index (χ0n) is 11.9. The van der Waals surface area contributed by atoms with Crippen LogP contribution < -0.4 is 5.73 Å². The maximum absolute atomic E-state index is 12.7. The predicted molar refractivity (Wildman–Crippen MR) is 80.7 cm³/mol. The van der Waals surface area contributed by atoms with E-state index in [1.165, 1.54) is 0 Å². The van der Waals surface area contributed by atoms with Crippen LogP contribution in [0.5, 0.6) is 0 Å². The van der Waals surface area contributed by atoms with E-state index in [0.29, 0.717) is 11.7 Å². The van der Waals surface area contributed by atoms with E-state index in [0.717, 1.165) is 36.1 Å². The van der Waals surface area contributed by atoms with Gasteiger partial charge in [-0.15, -0.1) is 0 Å². The zero-order chi connectivity index (χ0) is 14.3. The van der Waals surface area contributed by atoms with E-state index in [1.54, 1.807) is 6.20 Å². The summed E-state index contributed by atoms with van der Waals surface area (Å²) in [6.07, 6.45) is 1.79. The van der Waals surface area contributed by atoms with Crippen LogP contribution >= 0.6 is 0 Å². The SMILES string of the molecule is CC1CN(C(=O)c2c[nH]c3cc(N)ccc23)CCN1C. The number of rotatable bonds is 1. The Hall–Kier alpha value is -2.01. The van der Waals surface area contributed by atoms with Gasteiger partial charge in [-0.3, -0.25) is 4.79 Å². The number of hydrogen-bond donors (Lipinski definition) is 2. The van der Waals surface area contributed by atoms with E-state index in [-0.39, 0.29) is 5.91 Å². The van der Waals surface area contributed by atoms with E-state index in [1.807, 2.05) is 23.1 Å². The summed E-state index contributed by atoms with van der Waals surface area (Å²) in [4.78, 5) is 20.0. The summed E-state index contributed by atoms with van der Waals surface area (Å²) < 4.78 is 0. The molecule has 1 aromatic heterocycles. The topological polar surface area (TPSA) is 65.4 Å². The number of anilines is 1. The summed E-state index contributed by atoms with van der Waals surface area (Å²) in [5.74, 6) is 0.0981. The van der Waals surface area contributed by atoms with Crippen molar-refractivity contribution in [2.45, 2.75) is 13.0 Å². The Kier molecular flexibility index (Phi) is 3.14. The Morgan fingerprint density at radius 2 is 2.20 bits per heavy atom. The first-order valence-corrected chi connectivity index (χ1v) is 6.92. The summed E-state index contributed by atoms with van der Waals surface area (Å²) in [5.41, 5.74) is 8.11. The van der Waals surface area contributed by atoms with Crippen LogP contribution in [0.1, 0.15) is 17.3 Å². The van der Waals surface area contributed by atoms with Gasteiger partial charge in [0.15, 0.2) is 0 Å². The summed E-state index contributed by atoms with van der Waals surface area (Å²) in [5, 5.41) is 0.941. The first-order valence-electron chi connectivity index (χ1n) is 6.92. The Bertz CT molecular complexity index is 648. The molecule has 1 fully saturated rings.